The Labute approximate surface area is 135 Å². The summed E-state index contributed by atoms with van der Waals surface area (Å²) in [5, 5.41) is 7.15. The Morgan fingerprint density at radius 2 is 2.05 bits per heavy atom. The minimum Gasteiger partial charge on any atom is -0.355 e. The fraction of sp³-hybridized carbons (Fsp3) is 0.647. The van der Waals surface area contributed by atoms with E-state index in [1.807, 2.05) is 4.90 Å². The molecule has 22 heavy (non-hydrogen) atoms. The molecule has 2 heterocycles. The molecule has 2 aliphatic rings. The van der Waals surface area contributed by atoms with Gasteiger partial charge in [-0.05, 0) is 48.1 Å². The Morgan fingerprint density at radius 1 is 1.23 bits per heavy atom. The van der Waals surface area contributed by atoms with Gasteiger partial charge in [-0.1, -0.05) is 12.8 Å². The summed E-state index contributed by atoms with van der Waals surface area (Å²) in [6, 6.07) is 2.35. The summed E-state index contributed by atoms with van der Waals surface area (Å²) in [6.07, 6.45) is 6.87. The van der Waals surface area contributed by atoms with Crippen LogP contribution in [0, 0.1) is 5.92 Å². The van der Waals surface area contributed by atoms with Gasteiger partial charge in [-0.2, -0.15) is 11.3 Å². The SMILES string of the molecule is O=C(NCCC(=O)N1CCC[C@@H]1c1ccsc1)C1CCCC1. The normalized spacial score (nSPS) is 22.2. The van der Waals surface area contributed by atoms with Gasteiger partial charge in [0.15, 0.2) is 0 Å². The van der Waals surface area contributed by atoms with Gasteiger partial charge in [0.1, 0.15) is 0 Å². The van der Waals surface area contributed by atoms with Crippen LogP contribution in [0.4, 0.5) is 0 Å². The molecule has 2 fully saturated rings. The highest BCUT2D eigenvalue weighted by Gasteiger charge is 2.30. The molecule has 3 rings (SSSR count). The number of rotatable bonds is 5. The third-order valence-electron chi connectivity index (χ3n) is 4.87. The van der Waals surface area contributed by atoms with Crippen LogP contribution in [0.1, 0.15) is 56.6 Å². The van der Waals surface area contributed by atoms with Crippen LogP contribution in [-0.2, 0) is 9.59 Å². The summed E-state index contributed by atoms with van der Waals surface area (Å²) in [5.41, 5.74) is 1.26. The van der Waals surface area contributed by atoms with Crippen molar-refractivity contribution >= 4 is 23.2 Å². The van der Waals surface area contributed by atoms with Crippen LogP contribution >= 0.6 is 11.3 Å². The lowest BCUT2D eigenvalue weighted by atomic mass is 10.1. The number of amides is 2. The Kier molecular flexibility index (Phi) is 5.13. The lowest BCUT2D eigenvalue weighted by Gasteiger charge is -2.24. The van der Waals surface area contributed by atoms with Crippen LogP contribution in [0.2, 0.25) is 0 Å². The molecule has 1 aromatic rings. The Morgan fingerprint density at radius 3 is 2.77 bits per heavy atom. The highest BCUT2D eigenvalue weighted by atomic mass is 32.1. The molecule has 1 saturated carbocycles. The number of carbonyl (C=O) groups is 2. The quantitative estimate of drug-likeness (QED) is 0.906. The molecule has 1 aliphatic carbocycles. The average molecular weight is 320 g/mol. The average Bonchev–Trinajstić information content (AvgIpc) is 3.26. The summed E-state index contributed by atoms with van der Waals surface area (Å²) in [4.78, 5) is 26.4. The van der Waals surface area contributed by atoms with Crippen molar-refractivity contribution in [2.75, 3.05) is 13.1 Å². The van der Waals surface area contributed by atoms with Gasteiger partial charge in [-0.15, -0.1) is 0 Å². The summed E-state index contributed by atoms with van der Waals surface area (Å²) >= 11 is 1.68. The van der Waals surface area contributed by atoms with Crippen molar-refractivity contribution in [3.8, 4) is 0 Å². The maximum Gasteiger partial charge on any atom is 0.224 e. The molecule has 0 unspecified atom stereocenters. The first-order chi connectivity index (χ1) is 10.8. The lowest BCUT2D eigenvalue weighted by Crippen LogP contribution is -2.35. The van der Waals surface area contributed by atoms with Crippen molar-refractivity contribution in [2.24, 2.45) is 5.92 Å². The molecule has 0 radical (unpaired) electrons. The molecular formula is C17H24N2O2S. The highest BCUT2D eigenvalue weighted by molar-refractivity contribution is 7.07. The van der Waals surface area contributed by atoms with Crippen LogP contribution in [-0.4, -0.2) is 29.8 Å². The van der Waals surface area contributed by atoms with Crippen LogP contribution in [0.15, 0.2) is 16.8 Å². The maximum atomic E-state index is 12.4. The molecule has 1 aliphatic heterocycles. The van der Waals surface area contributed by atoms with E-state index in [4.69, 9.17) is 0 Å². The van der Waals surface area contributed by atoms with Crippen LogP contribution in [0.25, 0.3) is 0 Å². The van der Waals surface area contributed by atoms with Crippen LogP contribution < -0.4 is 5.32 Å². The summed E-state index contributed by atoms with van der Waals surface area (Å²) < 4.78 is 0. The van der Waals surface area contributed by atoms with E-state index >= 15 is 0 Å². The smallest absolute Gasteiger partial charge is 0.224 e. The Hall–Kier alpha value is -1.36. The first-order valence-corrected chi connectivity index (χ1v) is 9.29. The molecule has 1 saturated heterocycles. The predicted molar refractivity (Wildman–Crippen MR) is 87.6 cm³/mol. The van der Waals surface area contributed by atoms with E-state index in [0.717, 1.165) is 45.1 Å². The van der Waals surface area contributed by atoms with Crippen LogP contribution in [0.5, 0.6) is 0 Å². The van der Waals surface area contributed by atoms with Gasteiger partial charge < -0.3 is 10.2 Å². The molecule has 0 spiro atoms. The van der Waals surface area contributed by atoms with Gasteiger partial charge in [0.05, 0.1) is 6.04 Å². The van der Waals surface area contributed by atoms with Gasteiger partial charge >= 0.3 is 0 Å². The monoisotopic (exact) mass is 320 g/mol. The third kappa shape index (κ3) is 3.51. The molecule has 1 N–H and O–H groups in total. The zero-order chi connectivity index (χ0) is 15.4. The van der Waals surface area contributed by atoms with E-state index in [2.05, 4.69) is 22.1 Å². The number of carbonyl (C=O) groups excluding carboxylic acids is 2. The van der Waals surface area contributed by atoms with Gasteiger partial charge in [-0.3, -0.25) is 9.59 Å². The largest absolute Gasteiger partial charge is 0.355 e. The zero-order valence-corrected chi connectivity index (χ0v) is 13.7. The maximum absolute atomic E-state index is 12.4. The van der Waals surface area contributed by atoms with Crippen molar-refractivity contribution in [1.29, 1.82) is 0 Å². The number of thiophene rings is 1. The Balaban J connectivity index is 1.46. The molecule has 1 aromatic heterocycles. The fourth-order valence-corrected chi connectivity index (χ4v) is 4.35. The molecule has 0 aromatic carbocycles. The van der Waals surface area contributed by atoms with Gasteiger partial charge in [0.25, 0.3) is 0 Å². The minimum atomic E-state index is 0.140. The molecule has 0 bridgehead atoms. The second-order valence-electron chi connectivity index (χ2n) is 6.32. The van der Waals surface area contributed by atoms with E-state index < -0.39 is 0 Å². The first kappa shape index (κ1) is 15.5. The molecule has 5 heteroatoms. The number of nitrogens with one attached hydrogen (secondary N) is 1. The topological polar surface area (TPSA) is 49.4 Å². The third-order valence-corrected chi connectivity index (χ3v) is 5.57. The minimum absolute atomic E-state index is 0.140. The predicted octanol–water partition coefficient (Wildman–Crippen LogP) is 3.11. The molecular weight excluding hydrogens is 296 g/mol. The highest BCUT2D eigenvalue weighted by Crippen LogP contribution is 2.33. The van der Waals surface area contributed by atoms with Crippen molar-refractivity contribution in [1.82, 2.24) is 10.2 Å². The number of hydrogen-bond acceptors (Lipinski definition) is 3. The van der Waals surface area contributed by atoms with Crippen LogP contribution in [0.3, 0.4) is 0 Å². The zero-order valence-electron chi connectivity index (χ0n) is 12.9. The standard InChI is InChI=1S/C17H24N2O2S/c20-16(7-9-18-17(21)13-4-1-2-5-13)19-10-3-6-15(19)14-8-11-22-12-14/h8,11-13,15H,1-7,9-10H2,(H,18,21)/t15-/m1/s1. The van der Waals surface area contributed by atoms with Crippen molar-refractivity contribution in [3.05, 3.63) is 22.4 Å². The molecule has 4 nitrogen and oxygen atoms in total. The number of hydrogen-bond donors (Lipinski definition) is 1. The molecule has 120 valence electrons. The van der Waals surface area contributed by atoms with Gasteiger partial charge in [0, 0.05) is 25.4 Å². The summed E-state index contributed by atoms with van der Waals surface area (Å²) in [6.45, 7) is 1.32. The van der Waals surface area contributed by atoms with Crippen molar-refractivity contribution in [3.63, 3.8) is 0 Å². The van der Waals surface area contributed by atoms with Gasteiger partial charge in [-0.25, -0.2) is 0 Å². The van der Waals surface area contributed by atoms with E-state index in [9.17, 15) is 9.59 Å². The first-order valence-electron chi connectivity index (χ1n) is 8.35. The van der Waals surface area contributed by atoms with E-state index in [1.54, 1.807) is 11.3 Å². The number of likely N-dealkylation sites (tertiary alicyclic amines) is 1. The fourth-order valence-electron chi connectivity index (χ4n) is 3.64. The van der Waals surface area contributed by atoms with E-state index in [0.29, 0.717) is 13.0 Å². The Bertz CT molecular complexity index is 509. The lowest BCUT2D eigenvalue weighted by molar-refractivity contribution is -0.132. The molecule has 2 amide bonds. The summed E-state index contributed by atoms with van der Waals surface area (Å²) in [5.74, 6) is 0.488. The second-order valence-corrected chi connectivity index (χ2v) is 7.10. The van der Waals surface area contributed by atoms with E-state index in [-0.39, 0.29) is 23.8 Å². The van der Waals surface area contributed by atoms with E-state index in [1.165, 1.54) is 5.56 Å². The van der Waals surface area contributed by atoms with Gasteiger partial charge in [0.2, 0.25) is 11.8 Å². The van der Waals surface area contributed by atoms with Crippen molar-refractivity contribution in [2.45, 2.75) is 51.0 Å². The summed E-state index contributed by atoms with van der Waals surface area (Å²) in [7, 11) is 0. The van der Waals surface area contributed by atoms with Crippen molar-refractivity contribution < 1.29 is 9.59 Å². The second kappa shape index (κ2) is 7.27. The molecule has 1 atom stereocenters. The number of nitrogens with zero attached hydrogens (tertiary/aromatic N) is 1.